The summed E-state index contributed by atoms with van der Waals surface area (Å²) in [6, 6.07) is 3.36. The highest BCUT2D eigenvalue weighted by Crippen LogP contribution is 2.39. The van der Waals surface area contributed by atoms with Crippen LogP contribution in [0.25, 0.3) is 0 Å². The highest BCUT2D eigenvalue weighted by atomic mass is 19.3. The minimum atomic E-state index is -2.89. The molecule has 1 aliphatic carbocycles. The van der Waals surface area contributed by atoms with Gasteiger partial charge in [0.2, 0.25) is 23.6 Å². The van der Waals surface area contributed by atoms with Crippen molar-refractivity contribution in [2.75, 3.05) is 32.8 Å². The molecular formula is C35H51F2N5O7. The summed E-state index contributed by atoms with van der Waals surface area (Å²) < 4.78 is 34.4. The lowest BCUT2D eigenvalue weighted by Crippen LogP contribution is -2.67. The van der Waals surface area contributed by atoms with Gasteiger partial charge in [0, 0.05) is 57.0 Å². The van der Waals surface area contributed by atoms with Crippen molar-refractivity contribution in [1.82, 2.24) is 25.3 Å². The Balaban J connectivity index is 1.44. The number of ether oxygens (including phenoxy) is 1. The summed E-state index contributed by atoms with van der Waals surface area (Å²) >= 11 is 0. The van der Waals surface area contributed by atoms with Gasteiger partial charge in [0.05, 0.1) is 18.2 Å². The zero-order valence-electron chi connectivity index (χ0n) is 29.1. The summed E-state index contributed by atoms with van der Waals surface area (Å²) in [5.74, 6) is -4.58. The maximum atomic E-state index is 14.7. The number of aliphatic hydroxyl groups is 1. The fourth-order valence-electron chi connectivity index (χ4n) is 7.82. The van der Waals surface area contributed by atoms with E-state index < -0.39 is 77.6 Å². The number of fused-ring (bicyclic) bond motifs is 2. The van der Waals surface area contributed by atoms with Gasteiger partial charge in [-0.1, -0.05) is 39.0 Å². The van der Waals surface area contributed by atoms with Gasteiger partial charge in [-0.2, -0.15) is 0 Å². The van der Waals surface area contributed by atoms with E-state index in [1.54, 1.807) is 6.92 Å². The molecule has 0 bridgehead atoms. The molecule has 0 radical (unpaired) electrons. The maximum absolute atomic E-state index is 14.7. The number of alkyl halides is 2. The Labute approximate surface area is 286 Å². The summed E-state index contributed by atoms with van der Waals surface area (Å²) in [6.45, 7) is 9.66. The molecule has 1 saturated carbocycles. The monoisotopic (exact) mass is 691 g/mol. The van der Waals surface area contributed by atoms with Crippen LogP contribution < -0.4 is 15.4 Å². The molecule has 12 nitrogen and oxygen atoms in total. The smallest absolute Gasteiger partial charge is 0.407 e. The molecular weight excluding hydrogens is 640 g/mol. The lowest BCUT2D eigenvalue weighted by atomic mass is 9.81. The molecule has 1 aromatic carbocycles. The number of amides is 4. The standard InChI is InChI=1S/C35H51F2N5O7/c1-21(42(32(46)47)19-33(2,3)4)29(43)39-28(22-10-13-35(36,37)14-11-22)31(45)41-17-23-16-34(5,48)20-40(23)18-26(41)30(44)38-25-12-15-49-27-9-7-6-8-24(25)27/h6-9,21-23,25-26,28,48H,10-20H2,1-5H3,(H,38,44)(H,39,43)(H,46,47)/t21-,23+,25+,26-,28-,34+/m0/s1. The normalized spacial score (nSPS) is 28.3. The van der Waals surface area contributed by atoms with Crippen LogP contribution in [0.2, 0.25) is 0 Å². The van der Waals surface area contributed by atoms with E-state index >= 15 is 0 Å². The molecule has 14 heteroatoms. The molecule has 3 heterocycles. The van der Waals surface area contributed by atoms with Gasteiger partial charge in [-0.3, -0.25) is 24.2 Å². The van der Waals surface area contributed by atoms with Crippen molar-refractivity contribution >= 4 is 23.8 Å². The van der Waals surface area contributed by atoms with Gasteiger partial charge in [0.25, 0.3) is 0 Å². The van der Waals surface area contributed by atoms with E-state index in [-0.39, 0.29) is 44.6 Å². The average Bonchev–Trinajstić information content (AvgIpc) is 3.33. The third-order valence-electron chi connectivity index (χ3n) is 10.3. The van der Waals surface area contributed by atoms with E-state index in [0.29, 0.717) is 31.7 Å². The Hall–Kier alpha value is -3.52. The predicted molar refractivity (Wildman–Crippen MR) is 176 cm³/mol. The number of carboxylic acid groups (broad SMARTS) is 1. The van der Waals surface area contributed by atoms with Crippen LogP contribution in [-0.4, -0.2) is 117 Å². The molecule has 5 rings (SSSR count). The average molecular weight is 692 g/mol. The van der Waals surface area contributed by atoms with E-state index in [1.165, 1.54) is 11.8 Å². The number of nitrogens with zero attached hydrogens (tertiary/aromatic N) is 3. The summed E-state index contributed by atoms with van der Waals surface area (Å²) in [4.78, 5) is 59.3. The summed E-state index contributed by atoms with van der Waals surface area (Å²) in [5.41, 5.74) is -0.682. The highest BCUT2D eigenvalue weighted by molar-refractivity contribution is 5.94. The first-order chi connectivity index (χ1) is 22.8. The molecule has 0 unspecified atom stereocenters. The zero-order valence-corrected chi connectivity index (χ0v) is 29.1. The quantitative estimate of drug-likeness (QED) is 0.324. The van der Waals surface area contributed by atoms with Crippen LogP contribution in [0, 0.1) is 11.3 Å². The van der Waals surface area contributed by atoms with Crippen LogP contribution in [0.5, 0.6) is 5.75 Å². The van der Waals surface area contributed by atoms with Crippen LogP contribution in [0.3, 0.4) is 0 Å². The fraction of sp³-hybridized carbons (Fsp3) is 0.714. The summed E-state index contributed by atoms with van der Waals surface area (Å²) in [7, 11) is 0. The number of hydrogen-bond acceptors (Lipinski definition) is 7. The topological polar surface area (TPSA) is 152 Å². The van der Waals surface area contributed by atoms with Crippen LogP contribution in [-0.2, 0) is 14.4 Å². The number of carbonyl (C=O) groups is 4. The molecule has 4 N–H and O–H groups in total. The first kappa shape index (κ1) is 36.8. The van der Waals surface area contributed by atoms with Crippen LogP contribution >= 0.6 is 0 Å². The molecule has 3 aliphatic heterocycles. The Morgan fingerprint density at radius 1 is 1.10 bits per heavy atom. The van der Waals surface area contributed by atoms with Gasteiger partial charge in [-0.15, -0.1) is 0 Å². The highest BCUT2D eigenvalue weighted by Gasteiger charge is 2.51. The maximum Gasteiger partial charge on any atom is 0.407 e. The second kappa shape index (κ2) is 14.0. The molecule has 1 aromatic rings. The van der Waals surface area contributed by atoms with E-state index in [0.717, 1.165) is 10.5 Å². The van der Waals surface area contributed by atoms with Gasteiger partial charge in [-0.05, 0) is 50.5 Å². The summed E-state index contributed by atoms with van der Waals surface area (Å²) in [6.07, 6.45) is -1.38. The molecule has 0 aromatic heterocycles. The van der Waals surface area contributed by atoms with Crippen LogP contribution in [0.15, 0.2) is 24.3 Å². The second-order valence-electron chi connectivity index (χ2n) is 15.9. The minimum Gasteiger partial charge on any atom is -0.493 e. The van der Waals surface area contributed by atoms with E-state index in [4.69, 9.17) is 4.74 Å². The number of nitrogens with one attached hydrogen (secondary N) is 2. The fourth-order valence-corrected chi connectivity index (χ4v) is 7.82. The molecule has 272 valence electrons. The van der Waals surface area contributed by atoms with Crippen molar-refractivity contribution in [3.63, 3.8) is 0 Å². The van der Waals surface area contributed by atoms with Crippen molar-refractivity contribution in [2.24, 2.45) is 11.3 Å². The number of piperazine rings is 1. The molecule has 4 aliphatic rings. The SMILES string of the molecule is C[C@@H](C(=O)N[C@H](C(=O)N1C[C@H]2C[C@@](C)(O)CN2C[C@H]1C(=O)N[C@@H]1CCOc2ccccc21)C1CCC(F)(F)CC1)N(CC(C)(C)C)C(=O)O. The van der Waals surface area contributed by atoms with Crippen molar-refractivity contribution in [2.45, 2.75) is 115 Å². The third kappa shape index (κ3) is 8.62. The lowest BCUT2D eigenvalue weighted by Gasteiger charge is -2.45. The molecule has 2 saturated heterocycles. The number of carbonyl (C=O) groups excluding carboxylic acids is 3. The van der Waals surface area contributed by atoms with Gasteiger partial charge >= 0.3 is 6.09 Å². The Morgan fingerprint density at radius 3 is 2.43 bits per heavy atom. The minimum absolute atomic E-state index is 0.0312. The van der Waals surface area contributed by atoms with Crippen molar-refractivity contribution < 1.29 is 42.9 Å². The number of benzene rings is 1. The summed E-state index contributed by atoms with van der Waals surface area (Å²) in [5, 5.41) is 26.7. The van der Waals surface area contributed by atoms with Gasteiger partial charge < -0.3 is 30.5 Å². The van der Waals surface area contributed by atoms with Gasteiger partial charge in [-0.25, -0.2) is 13.6 Å². The first-order valence-corrected chi connectivity index (χ1v) is 17.3. The molecule has 4 amide bonds. The van der Waals surface area contributed by atoms with Crippen LogP contribution in [0.1, 0.15) is 84.7 Å². The molecule has 0 spiro atoms. The van der Waals surface area contributed by atoms with Crippen molar-refractivity contribution in [3.8, 4) is 5.75 Å². The number of hydrogen-bond donors (Lipinski definition) is 4. The lowest BCUT2D eigenvalue weighted by molar-refractivity contribution is -0.150. The zero-order chi connectivity index (χ0) is 35.9. The Kier molecular flexibility index (Phi) is 10.5. The first-order valence-electron chi connectivity index (χ1n) is 17.3. The van der Waals surface area contributed by atoms with Gasteiger partial charge in [0.1, 0.15) is 23.9 Å². The van der Waals surface area contributed by atoms with E-state index in [9.17, 15) is 38.2 Å². The predicted octanol–water partition coefficient (Wildman–Crippen LogP) is 3.39. The number of para-hydroxylation sites is 1. The van der Waals surface area contributed by atoms with Gasteiger partial charge in [0.15, 0.2) is 0 Å². The molecule has 49 heavy (non-hydrogen) atoms. The van der Waals surface area contributed by atoms with E-state index in [1.807, 2.05) is 49.9 Å². The van der Waals surface area contributed by atoms with Crippen molar-refractivity contribution in [3.05, 3.63) is 29.8 Å². The Bertz CT molecular complexity index is 1410. The van der Waals surface area contributed by atoms with Crippen LogP contribution in [0.4, 0.5) is 13.6 Å². The molecule has 3 fully saturated rings. The van der Waals surface area contributed by atoms with Crippen molar-refractivity contribution in [1.29, 1.82) is 0 Å². The molecule has 6 atom stereocenters. The van der Waals surface area contributed by atoms with E-state index in [2.05, 4.69) is 10.6 Å². The Morgan fingerprint density at radius 2 is 1.78 bits per heavy atom. The largest absolute Gasteiger partial charge is 0.493 e. The third-order valence-corrected chi connectivity index (χ3v) is 10.3. The second-order valence-corrected chi connectivity index (χ2v) is 15.9. The number of halogens is 2. The number of rotatable bonds is 8.